The summed E-state index contributed by atoms with van der Waals surface area (Å²) in [6.07, 6.45) is 1.74. The Morgan fingerprint density at radius 3 is 2.84 bits per heavy atom. The number of carboxylic acids is 1. The molecule has 7 heteroatoms. The van der Waals surface area contributed by atoms with Crippen LogP contribution in [-0.4, -0.2) is 40.3 Å². The fraction of sp³-hybridized carbons (Fsp3) is 0.500. The third kappa shape index (κ3) is 3.27. The Bertz CT molecular complexity index is 500. The van der Waals surface area contributed by atoms with E-state index in [1.165, 1.54) is 0 Å². The number of carboxylic acid groups (broad SMARTS) is 1. The predicted molar refractivity (Wildman–Crippen MR) is 68.3 cm³/mol. The second-order valence-electron chi connectivity index (χ2n) is 4.53. The molecule has 0 aliphatic carbocycles. The van der Waals surface area contributed by atoms with Crippen molar-refractivity contribution < 1.29 is 19.4 Å². The zero-order chi connectivity index (χ0) is 14.0. The maximum Gasteiger partial charge on any atom is 0.332 e. The SMILES string of the molecule is Cn1cc(Cl)cc1C(=O)NCC1CCC(C(=O)O)O1. The minimum absolute atomic E-state index is 0.249. The molecular weight excluding hydrogens is 272 g/mol. The van der Waals surface area contributed by atoms with E-state index in [4.69, 9.17) is 21.4 Å². The molecule has 0 bridgehead atoms. The van der Waals surface area contributed by atoms with Crippen molar-refractivity contribution >= 4 is 23.5 Å². The molecule has 1 aliphatic heterocycles. The van der Waals surface area contributed by atoms with Gasteiger partial charge in [-0.05, 0) is 18.9 Å². The summed E-state index contributed by atoms with van der Waals surface area (Å²) in [6.45, 7) is 0.297. The molecule has 2 heterocycles. The molecule has 1 aliphatic rings. The molecule has 1 saturated heterocycles. The number of aromatic nitrogens is 1. The van der Waals surface area contributed by atoms with Crippen molar-refractivity contribution in [2.24, 2.45) is 7.05 Å². The summed E-state index contributed by atoms with van der Waals surface area (Å²) in [6, 6.07) is 1.58. The van der Waals surface area contributed by atoms with Crippen LogP contribution in [0.4, 0.5) is 0 Å². The van der Waals surface area contributed by atoms with Crippen LogP contribution in [0.1, 0.15) is 23.3 Å². The van der Waals surface area contributed by atoms with Crippen LogP contribution in [0.5, 0.6) is 0 Å². The highest BCUT2D eigenvalue weighted by Gasteiger charge is 2.30. The molecule has 0 radical (unpaired) electrons. The lowest BCUT2D eigenvalue weighted by molar-refractivity contribution is -0.149. The minimum Gasteiger partial charge on any atom is -0.479 e. The minimum atomic E-state index is -0.956. The Hall–Kier alpha value is -1.53. The molecule has 1 aromatic heterocycles. The van der Waals surface area contributed by atoms with Crippen molar-refractivity contribution in [3.05, 3.63) is 23.0 Å². The lowest BCUT2D eigenvalue weighted by Gasteiger charge is -2.12. The Labute approximate surface area is 115 Å². The highest BCUT2D eigenvalue weighted by atomic mass is 35.5. The fourth-order valence-corrected chi connectivity index (χ4v) is 2.33. The summed E-state index contributed by atoms with van der Waals surface area (Å²) >= 11 is 5.80. The number of amides is 1. The van der Waals surface area contributed by atoms with Crippen LogP contribution >= 0.6 is 11.6 Å². The van der Waals surface area contributed by atoms with Crippen LogP contribution in [0, 0.1) is 0 Å². The van der Waals surface area contributed by atoms with Gasteiger partial charge in [0, 0.05) is 19.8 Å². The number of carbonyl (C=O) groups is 2. The first-order valence-corrected chi connectivity index (χ1v) is 6.33. The number of halogens is 1. The Balaban J connectivity index is 1.85. The van der Waals surface area contributed by atoms with E-state index in [1.807, 2.05) is 0 Å². The second kappa shape index (κ2) is 5.63. The number of hydrogen-bond donors (Lipinski definition) is 2. The molecule has 1 fully saturated rings. The van der Waals surface area contributed by atoms with E-state index in [1.54, 1.807) is 23.9 Å². The number of hydrogen-bond acceptors (Lipinski definition) is 3. The smallest absolute Gasteiger partial charge is 0.332 e. The van der Waals surface area contributed by atoms with Gasteiger partial charge in [-0.1, -0.05) is 11.6 Å². The van der Waals surface area contributed by atoms with Gasteiger partial charge in [-0.2, -0.15) is 0 Å². The van der Waals surface area contributed by atoms with E-state index >= 15 is 0 Å². The van der Waals surface area contributed by atoms with Crippen molar-refractivity contribution in [1.29, 1.82) is 0 Å². The number of nitrogens with zero attached hydrogens (tertiary/aromatic N) is 1. The first kappa shape index (κ1) is 13.9. The van der Waals surface area contributed by atoms with Crippen LogP contribution in [-0.2, 0) is 16.6 Å². The quantitative estimate of drug-likeness (QED) is 0.867. The second-order valence-corrected chi connectivity index (χ2v) is 4.96. The van der Waals surface area contributed by atoms with Crippen molar-refractivity contribution in [2.45, 2.75) is 25.0 Å². The highest BCUT2D eigenvalue weighted by molar-refractivity contribution is 6.31. The van der Waals surface area contributed by atoms with Gasteiger partial charge in [0.15, 0.2) is 6.10 Å². The van der Waals surface area contributed by atoms with E-state index in [-0.39, 0.29) is 12.0 Å². The summed E-state index contributed by atoms with van der Waals surface area (Å²) in [7, 11) is 1.73. The summed E-state index contributed by atoms with van der Waals surface area (Å²) < 4.78 is 6.93. The average molecular weight is 287 g/mol. The molecule has 0 spiro atoms. The van der Waals surface area contributed by atoms with Crippen LogP contribution in [0.25, 0.3) is 0 Å². The van der Waals surface area contributed by atoms with Gasteiger partial charge >= 0.3 is 5.97 Å². The zero-order valence-corrected chi connectivity index (χ0v) is 11.2. The number of aryl methyl sites for hydroxylation is 1. The van der Waals surface area contributed by atoms with Crippen molar-refractivity contribution in [2.75, 3.05) is 6.54 Å². The number of nitrogens with one attached hydrogen (secondary N) is 1. The van der Waals surface area contributed by atoms with Gasteiger partial charge in [0.1, 0.15) is 5.69 Å². The first-order chi connectivity index (χ1) is 8.97. The number of aliphatic carboxylic acids is 1. The van der Waals surface area contributed by atoms with Crippen molar-refractivity contribution in [3.8, 4) is 0 Å². The van der Waals surface area contributed by atoms with E-state index in [9.17, 15) is 9.59 Å². The molecule has 2 rings (SSSR count). The molecule has 6 nitrogen and oxygen atoms in total. The van der Waals surface area contributed by atoms with Crippen LogP contribution in [0.3, 0.4) is 0 Å². The molecule has 2 atom stereocenters. The first-order valence-electron chi connectivity index (χ1n) is 5.95. The van der Waals surface area contributed by atoms with Crippen molar-refractivity contribution in [3.63, 3.8) is 0 Å². The Morgan fingerprint density at radius 2 is 2.32 bits per heavy atom. The van der Waals surface area contributed by atoms with Gasteiger partial charge in [-0.3, -0.25) is 4.79 Å². The molecule has 104 valence electrons. The molecule has 19 heavy (non-hydrogen) atoms. The van der Waals surface area contributed by atoms with Gasteiger partial charge in [-0.15, -0.1) is 0 Å². The molecule has 1 amide bonds. The predicted octanol–water partition coefficient (Wildman–Crippen LogP) is 1.04. The number of rotatable bonds is 4. The summed E-state index contributed by atoms with van der Waals surface area (Å²) in [5.74, 6) is -1.21. The van der Waals surface area contributed by atoms with E-state index in [0.29, 0.717) is 30.1 Å². The normalized spacial score (nSPS) is 22.4. The van der Waals surface area contributed by atoms with E-state index in [0.717, 1.165) is 0 Å². The van der Waals surface area contributed by atoms with Gasteiger partial charge < -0.3 is 19.7 Å². The maximum absolute atomic E-state index is 11.9. The van der Waals surface area contributed by atoms with Crippen LogP contribution in [0.2, 0.25) is 5.02 Å². The molecule has 0 saturated carbocycles. The Morgan fingerprint density at radius 1 is 1.58 bits per heavy atom. The van der Waals surface area contributed by atoms with Crippen LogP contribution in [0.15, 0.2) is 12.3 Å². The molecular formula is C12H15ClN2O4. The largest absolute Gasteiger partial charge is 0.479 e. The van der Waals surface area contributed by atoms with Gasteiger partial charge in [0.25, 0.3) is 5.91 Å². The van der Waals surface area contributed by atoms with E-state index < -0.39 is 12.1 Å². The highest BCUT2D eigenvalue weighted by Crippen LogP contribution is 2.19. The van der Waals surface area contributed by atoms with Crippen LogP contribution < -0.4 is 5.32 Å². The third-order valence-electron chi connectivity index (χ3n) is 3.08. The fourth-order valence-electron chi connectivity index (χ4n) is 2.08. The molecule has 2 N–H and O–H groups in total. The monoisotopic (exact) mass is 286 g/mol. The standard InChI is InChI=1S/C12H15ClN2O4/c1-15-6-7(13)4-9(15)11(16)14-5-8-2-3-10(19-8)12(17)18/h4,6,8,10H,2-3,5H2,1H3,(H,14,16)(H,17,18). The average Bonchev–Trinajstić information content (AvgIpc) is 2.93. The summed E-state index contributed by atoms with van der Waals surface area (Å²) in [4.78, 5) is 22.6. The van der Waals surface area contributed by atoms with Gasteiger partial charge in [0.2, 0.25) is 0 Å². The molecule has 2 unspecified atom stereocenters. The number of ether oxygens (including phenoxy) is 1. The lowest BCUT2D eigenvalue weighted by atomic mass is 10.2. The van der Waals surface area contributed by atoms with E-state index in [2.05, 4.69) is 5.32 Å². The Kier molecular flexibility index (Phi) is 4.11. The topological polar surface area (TPSA) is 80.6 Å². The van der Waals surface area contributed by atoms with Gasteiger partial charge in [-0.25, -0.2) is 4.79 Å². The lowest BCUT2D eigenvalue weighted by Crippen LogP contribution is -2.33. The van der Waals surface area contributed by atoms with Crippen molar-refractivity contribution in [1.82, 2.24) is 9.88 Å². The third-order valence-corrected chi connectivity index (χ3v) is 3.28. The summed E-state index contributed by atoms with van der Waals surface area (Å²) in [5.41, 5.74) is 0.456. The maximum atomic E-state index is 11.9. The molecule has 0 aromatic carbocycles. The number of carbonyl (C=O) groups excluding carboxylic acids is 1. The summed E-state index contributed by atoms with van der Waals surface area (Å²) in [5, 5.41) is 12.0. The zero-order valence-electron chi connectivity index (χ0n) is 10.4. The van der Waals surface area contributed by atoms with Gasteiger partial charge in [0.05, 0.1) is 11.1 Å². The molecule has 1 aromatic rings.